The number of aromatic amines is 1. The van der Waals surface area contributed by atoms with Crippen LogP contribution in [-0.2, 0) is 29.6 Å². The molecule has 4 heterocycles. The van der Waals surface area contributed by atoms with Gasteiger partial charge in [-0.2, -0.15) is 5.10 Å². The van der Waals surface area contributed by atoms with Gasteiger partial charge in [0.15, 0.2) is 0 Å². The lowest BCUT2D eigenvalue weighted by atomic mass is 9.83. The first-order valence-electron chi connectivity index (χ1n) is 9.34. The standard InChI is InChI=1S/C19H22N4O3/c24-18(25)14-10-12-2-1-3-15(12)21-17(14)23-7-5-19(6-8-23)16-13(4-9-26-19)11-20-22-16/h10-11H,1-9H2,(H,20,22)(H,24,25). The third-order valence-corrected chi connectivity index (χ3v) is 6.05. The Kier molecular flexibility index (Phi) is 3.53. The first-order valence-corrected chi connectivity index (χ1v) is 9.34. The highest BCUT2D eigenvalue weighted by molar-refractivity contribution is 5.93. The summed E-state index contributed by atoms with van der Waals surface area (Å²) in [7, 11) is 0. The number of fused-ring (bicyclic) bond motifs is 3. The van der Waals surface area contributed by atoms with Gasteiger partial charge in [-0.05, 0) is 55.7 Å². The predicted octanol–water partition coefficient (Wildman–Crippen LogP) is 2.06. The lowest BCUT2D eigenvalue weighted by molar-refractivity contribution is -0.0796. The number of aromatic nitrogens is 3. The van der Waals surface area contributed by atoms with E-state index in [-0.39, 0.29) is 5.60 Å². The van der Waals surface area contributed by atoms with Gasteiger partial charge in [-0.1, -0.05) is 0 Å². The van der Waals surface area contributed by atoms with Gasteiger partial charge in [-0.3, -0.25) is 5.10 Å². The van der Waals surface area contributed by atoms with Gasteiger partial charge in [0, 0.05) is 18.8 Å². The van der Waals surface area contributed by atoms with Crippen LogP contribution >= 0.6 is 0 Å². The van der Waals surface area contributed by atoms with E-state index in [9.17, 15) is 9.90 Å². The van der Waals surface area contributed by atoms with Crippen molar-refractivity contribution >= 4 is 11.8 Å². The summed E-state index contributed by atoms with van der Waals surface area (Å²) in [5, 5.41) is 17.0. The van der Waals surface area contributed by atoms with Gasteiger partial charge in [-0.15, -0.1) is 0 Å². The average molecular weight is 354 g/mol. The van der Waals surface area contributed by atoms with Crippen molar-refractivity contribution in [2.45, 2.75) is 44.1 Å². The number of aryl methyl sites for hydroxylation is 2. The fourth-order valence-electron chi connectivity index (χ4n) is 4.66. The molecule has 3 aliphatic rings. The van der Waals surface area contributed by atoms with Gasteiger partial charge in [0.05, 0.1) is 18.5 Å². The van der Waals surface area contributed by atoms with Gasteiger partial charge in [0.2, 0.25) is 0 Å². The smallest absolute Gasteiger partial charge is 0.339 e. The van der Waals surface area contributed by atoms with Crippen molar-refractivity contribution in [3.8, 4) is 0 Å². The first-order chi connectivity index (χ1) is 12.7. The Balaban J connectivity index is 1.44. The van der Waals surface area contributed by atoms with Crippen LogP contribution in [0.3, 0.4) is 0 Å². The highest BCUT2D eigenvalue weighted by Crippen LogP contribution is 2.41. The summed E-state index contributed by atoms with van der Waals surface area (Å²) < 4.78 is 6.19. The lowest BCUT2D eigenvalue weighted by Gasteiger charge is -2.44. The normalized spacial score (nSPS) is 20.8. The Bertz CT molecular complexity index is 868. The summed E-state index contributed by atoms with van der Waals surface area (Å²) in [6.45, 7) is 2.17. The van der Waals surface area contributed by atoms with Crippen LogP contribution in [0.4, 0.5) is 5.82 Å². The van der Waals surface area contributed by atoms with Crippen molar-refractivity contribution in [3.63, 3.8) is 0 Å². The molecule has 1 saturated heterocycles. The summed E-state index contributed by atoms with van der Waals surface area (Å²) in [5.41, 5.74) is 4.51. The number of piperidine rings is 1. The quantitative estimate of drug-likeness (QED) is 0.858. The number of hydrogen-bond acceptors (Lipinski definition) is 5. The van der Waals surface area contributed by atoms with Gasteiger partial charge >= 0.3 is 5.97 Å². The molecule has 0 unspecified atom stereocenters. The third-order valence-electron chi connectivity index (χ3n) is 6.05. The van der Waals surface area contributed by atoms with Crippen LogP contribution in [0, 0.1) is 0 Å². The van der Waals surface area contributed by atoms with Crippen molar-refractivity contribution in [2.75, 3.05) is 24.6 Å². The largest absolute Gasteiger partial charge is 0.478 e. The summed E-state index contributed by atoms with van der Waals surface area (Å²) >= 11 is 0. The van der Waals surface area contributed by atoms with Crippen LogP contribution in [0.1, 0.15) is 52.1 Å². The molecule has 7 nitrogen and oxygen atoms in total. The molecule has 2 N–H and O–H groups in total. The van der Waals surface area contributed by atoms with Crippen LogP contribution in [0.15, 0.2) is 12.3 Å². The molecule has 0 aromatic carbocycles. The average Bonchev–Trinajstić information content (AvgIpc) is 3.31. The molecule has 1 spiro atoms. The zero-order valence-electron chi connectivity index (χ0n) is 14.6. The van der Waals surface area contributed by atoms with Crippen molar-refractivity contribution < 1.29 is 14.6 Å². The summed E-state index contributed by atoms with van der Waals surface area (Å²) in [4.78, 5) is 18.6. The molecule has 136 valence electrons. The molecule has 1 fully saturated rings. The molecule has 0 bridgehead atoms. The number of H-pyrrole nitrogens is 1. The molecule has 26 heavy (non-hydrogen) atoms. The third kappa shape index (κ3) is 2.34. The van der Waals surface area contributed by atoms with Crippen molar-refractivity contribution in [1.82, 2.24) is 15.2 Å². The zero-order valence-corrected chi connectivity index (χ0v) is 14.6. The molecular formula is C19H22N4O3. The van der Waals surface area contributed by atoms with Crippen molar-refractivity contribution in [1.29, 1.82) is 0 Å². The maximum Gasteiger partial charge on any atom is 0.339 e. The van der Waals surface area contributed by atoms with E-state index in [4.69, 9.17) is 9.72 Å². The molecule has 2 aliphatic heterocycles. The van der Waals surface area contributed by atoms with Crippen LogP contribution in [0.2, 0.25) is 0 Å². The van der Waals surface area contributed by atoms with Crippen LogP contribution in [-0.4, -0.2) is 46.0 Å². The van der Waals surface area contributed by atoms with Gasteiger partial charge in [0.1, 0.15) is 17.0 Å². The zero-order chi connectivity index (χ0) is 17.7. The summed E-state index contributed by atoms with van der Waals surface area (Å²) in [5.74, 6) is -0.277. The SMILES string of the molecule is O=C(O)c1cc2c(nc1N1CCC3(CC1)OCCc1cn[nH]c13)CCC2. The predicted molar refractivity (Wildman–Crippen MR) is 94.6 cm³/mol. The summed E-state index contributed by atoms with van der Waals surface area (Å²) in [6, 6.07) is 1.83. The Morgan fingerprint density at radius 2 is 2.08 bits per heavy atom. The second-order valence-electron chi connectivity index (χ2n) is 7.47. The number of hydrogen-bond donors (Lipinski definition) is 2. The topological polar surface area (TPSA) is 91.3 Å². The first kappa shape index (κ1) is 15.8. The number of carbonyl (C=O) groups is 1. The molecule has 0 amide bonds. The van der Waals surface area contributed by atoms with E-state index in [2.05, 4.69) is 15.1 Å². The molecule has 7 heteroatoms. The number of aromatic carboxylic acids is 1. The van der Waals surface area contributed by atoms with Crippen molar-refractivity contribution in [2.24, 2.45) is 0 Å². The molecule has 2 aromatic rings. The van der Waals surface area contributed by atoms with Crippen molar-refractivity contribution in [3.05, 3.63) is 40.3 Å². The Labute approximate surface area is 151 Å². The number of pyridine rings is 1. The van der Waals surface area contributed by atoms with E-state index in [1.165, 1.54) is 5.56 Å². The van der Waals surface area contributed by atoms with E-state index >= 15 is 0 Å². The Morgan fingerprint density at radius 3 is 2.88 bits per heavy atom. The summed E-state index contributed by atoms with van der Waals surface area (Å²) in [6.07, 6.45) is 7.34. The van der Waals surface area contributed by atoms with E-state index in [0.717, 1.165) is 68.6 Å². The highest BCUT2D eigenvalue weighted by atomic mass is 16.5. The molecule has 5 rings (SSSR count). The van der Waals surface area contributed by atoms with E-state index < -0.39 is 5.97 Å². The minimum atomic E-state index is -0.896. The minimum Gasteiger partial charge on any atom is -0.478 e. The van der Waals surface area contributed by atoms with E-state index in [0.29, 0.717) is 18.0 Å². The number of carboxylic acid groups (broad SMARTS) is 1. The van der Waals surface area contributed by atoms with Crippen LogP contribution in [0.25, 0.3) is 0 Å². The number of rotatable bonds is 2. The maximum absolute atomic E-state index is 11.8. The van der Waals surface area contributed by atoms with Gasteiger partial charge < -0.3 is 14.7 Å². The monoisotopic (exact) mass is 354 g/mol. The molecule has 0 radical (unpaired) electrons. The molecule has 1 aliphatic carbocycles. The molecular weight excluding hydrogens is 332 g/mol. The van der Waals surface area contributed by atoms with Gasteiger partial charge in [0.25, 0.3) is 0 Å². The molecule has 0 atom stereocenters. The number of nitrogens with zero attached hydrogens (tertiary/aromatic N) is 3. The van der Waals surface area contributed by atoms with E-state index in [1.807, 2.05) is 12.3 Å². The van der Waals surface area contributed by atoms with E-state index in [1.54, 1.807) is 0 Å². The number of ether oxygens (including phenoxy) is 1. The molecule has 0 saturated carbocycles. The van der Waals surface area contributed by atoms with Gasteiger partial charge in [-0.25, -0.2) is 9.78 Å². The fraction of sp³-hybridized carbons (Fsp3) is 0.526. The number of anilines is 1. The Hall–Kier alpha value is -2.41. The minimum absolute atomic E-state index is 0.319. The maximum atomic E-state index is 11.8. The molecule has 2 aromatic heterocycles. The lowest BCUT2D eigenvalue weighted by Crippen LogP contribution is -2.47. The second-order valence-corrected chi connectivity index (χ2v) is 7.47. The Morgan fingerprint density at radius 1 is 1.23 bits per heavy atom. The number of nitrogens with one attached hydrogen (secondary N) is 1. The van der Waals surface area contributed by atoms with Crippen LogP contribution < -0.4 is 4.90 Å². The van der Waals surface area contributed by atoms with Crippen LogP contribution in [0.5, 0.6) is 0 Å². The fourth-order valence-corrected chi connectivity index (χ4v) is 4.66. The second kappa shape index (κ2) is 5.81. The number of carboxylic acids is 1. The highest BCUT2D eigenvalue weighted by Gasteiger charge is 2.43.